The summed E-state index contributed by atoms with van der Waals surface area (Å²) < 4.78 is 10.1. The van der Waals surface area contributed by atoms with Crippen molar-refractivity contribution < 1.29 is 19.1 Å². The van der Waals surface area contributed by atoms with E-state index >= 15 is 0 Å². The van der Waals surface area contributed by atoms with Gasteiger partial charge in [0.2, 0.25) is 0 Å². The molecule has 18 heavy (non-hydrogen) atoms. The molecule has 0 N–H and O–H groups in total. The number of carbonyl (C=O) groups is 2. The van der Waals surface area contributed by atoms with Gasteiger partial charge in [0.25, 0.3) is 0 Å². The molecule has 1 amide bonds. The fourth-order valence-corrected chi connectivity index (χ4v) is 1.67. The predicted molar refractivity (Wildman–Crippen MR) is 67.1 cm³/mol. The monoisotopic (exact) mass is 255 g/mol. The Balaban J connectivity index is 2.24. The van der Waals surface area contributed by atoms with Gasteiger partial charge in [-0.25, -0.2) is 9.59 Å². The molecule has 5 heteroatoms. The van der Waals surface area contributed by atoms with Gasteiger partial charge < -0.3 is 14.4 Å². The summed E-state index contributed by atoms with van der Waals surface area (Å²) in [6.07, 6.45) is 2.43. The second-order valence-corrected chi connectivity index (χ2v) is 4.62. The van der Waals surface area contributed by atoms with Crippen LogP contribution in [0.3, 0.4) is 0 Å². The van der Waals surface area contributed by atoms with Crippen LogP contribution in [0.5, 0.6) is 0 Å². The van der Waals surface area contributed by atoms with E-state index in [1.165, 1.54) is 0 Å². The molecule has 1 saturated heterocycles. The van der Waals surface area contributed by atoms with Crippen LogP contribution >= 0.6 is 0 Å². The SMILES string of the molecule is C=C(C)C(=O)OC(C)COC(=O)N1CCCCC1. The Bertz CT molecular complexity index is 321. The molecule has 1 unspecified atom stereocenters. The number of amides is 1. The van der Waals surface area contributed by atoms with Gasteiger partial charge in [0.05, 0.1) is 0 Å². The molecule has 0 spiro atoms. The van der Waals surface area contributed by atoms with E-state index in [2.05, 4.69) is 6.58 Å². The highest BCUT2D eigenvalue weighted by atomic mass is 16.6. The molecule has 0 bridgehead atoms. The van der Waals surface area contributed by atoms with Crippen molar-refractivity contribution in [3.8, 4) is 0 Å². The third kappa shape index (κ3) is 4.77. The lowest BCUT2D eigenvalue weighted by atomic mass is 10.1. The molecular weight excluding hydrogens is 234 g/mol. The van der Waals surface area contributed by atoms with Gasteiger partial charge in [-0.3, -0.25) is 0 Å². The van der Waals surface area contributed by atoms with Gasteiger partial charge in [-0.15, -0.1) is 0 Å². The predicted octanol–water partition coefficient (Wildman–Crippen LogP) is 2.12. The largest absolute Gasteiger partial charge is 0.456 e. The first-order valence-electron chi connectivity index (χ1n) is 6.29. The van der Waals surface area contributed by atoms with Gasteiger partial charge in [0.1, 0.15) is 12.7 Å². The molecule has 1 heterocycles. The highest BCUT2D eigenvalue weighted by molar-refractivity contribution is 5.87. The molecule has 0 aliphatic carbocycles. The minimum atomic E-state index is -0.462. The van der Waals surface area contributed by atoms with Gasteiger partial charge in [-0.1, -0.05) is 6.58 Å². The van der Waals surface area contributed by atoms with E-state index in [4.69, 9.17) is 9.47 Å². The lowest BCUT2D eigenvalue weighted by molar-refractivity contribution is -0.145. The molecule has 1 atom stereocenters. The third-order valence-electron chi connectivity index (χ3n) is 2.71. The second-order valence-electron chi connectivity index (χ2n) is 4.62. The Morgan fingerprint density at radius 2 is 1.89 bits per heavy atom. The zero-order chi connectivity index (χ0) is 13.5. The Kier molecular flexibility index (Phi) is 5.68. The minimum Gasteiger partial charge on any atom is -0.456 e. The summed E-state index contributed by atoms with van der Waals surface area (Å²) in [6, 6.07) is 0. The number of ether oxygens (including phenoxy) is 2. The molecule has 0 aromatic rings. The van der Waals surface area contributed by atoms with Crippen molar-refractivity contribution >= 4 is 12.1 Å². The van der Waals surface area contributed by atoms with Crippen LogP contribution in [0.2, 0.25) is 0 Å². The lowest BCUT2D eigenvalue weighted by Crippen LogP contribution is -2.37. The summed E-state index contributed by atoms with van der Waals surface area (Å²) in [5.74, 6) is -0.462. The van der Waals surface area contributed by atoms with Crippen molar-refractivity contribution in [2.24, 2.45) is 0 Å². The third-order valence-corrected chi connectivity index (χ3v) is 2.71. The molecule has 1 aliphatic heterocycles. The van der Waals surface area contributed by atoms with E-state index in [0.29, 0.717) is 5.57 Å². The molecule has 102 valence electrons. The summed E-state index contributed by atoms with van der Waals surface area (Å²) in [5, 5.41) is 0. The number of esters is 1. The summed E-state index contributed by atoms with van der Waals surface area (Å²) in [7, 11) is 0. The van der Waals surface area contributed by atoms with Gasteiger partial charge >= 0.3 is 12.1 Å². The van der Waals surface area contributed by atoms with Gasteiger partial charge in [-0.05, 0) is 33.1 Å². The average molecular weight is 255 g/mol. The highest BCUT2D eigenvalue weighted by Crippen LogP contribution is 2.10. The van der Waals surface area contributed by atoms with Gasteiger partial charge in [0.15, 0.2) is 0 Å². The summed E-state index contributed by atoms with van der Waals surface area (Å²) in [6.45, 7) is 8.32. The van der Waals surface area contributed by atoms with Crippen molar-refractivity contribution in [3.63, 3.8) is 0 Å². The van der Waals surface area contributed by atoms with E-state index in [9.17, 15) is 9.59 Å². The molecule has 0 aromatic heterocycles. The number of hydrogen-bond acceptors (Lipinski definition) is 4. The summed E-state index contributed by atoms with van der Waals surface area (Å²) in [4.78, 5) is 24.6. The average Bonchev–Trinajstić information content (AvgIpc) is 2.36. The Morgan fingerprint density at radius 3 is 2.44 bits per heavy atom. The number of piperidine rings is 1. The summed E-state index contributed by atoms with van der Waals surface area (Å²) in [5.41, 5.74) is 0.337. The molecule has 0 saturated carbocycles. The van der Waals surface area contributed by atoms with Crippen molar-refractivity contribution in [1.29, 1.82) is 0 Å². The van der Waals surface area contributed by atoms with E-state index < -0.39 is 12.1 Å². The Hall–Kier alpha value is -1.52. The maximum Gasteiger partial charge on any atom is 0.409 e. The first-order valence-corrected chi connectivity index (χ1v) is 6.29. The van der Waals surface area contributed by atoms with Crippen LogP contribution in [-0.4, -0.2) is 42.8 Å². The fourth-order valence-electron chi connectivity index (χ4n) is 1.67. The topological polar surface area (TPSA) is 55.8 Å². The molecule has 5 nitrogen and oxygen atoms in total. The van der Waals surface area contributed by atoms with Crippen molar-refractivity contribution in [2.75, 3.05) is 19.7 Å². The van der Waals surface area contributed by atoms with Crippen molar-refractivity contribution in [1.82, 2.24) is 4.90 Å². The molecule has 0 radical (unpaired) electrons. The first-order chi connectivity index (χ1) is 8.50. The van der Waals surface area contributed by atoms with Gasteiger partial charge in [-0.2, -0.15) is 0 Å². The first kappa shape index (κ1) is 14.5. The second kappa shape index (κ2) is 7.03. The molecule has 1 fully saturated rings. The van der Waals surface area contributed by atoms with E-state index in [-0.39, 0.29) is 12.7 Å². The van der Waals surface area contributed by atoms with Crippen LogP contribution in [-0.2, 0) is 14.3 Å². The normalized spacial score (nSPS) is 16.9. The molecule has 1 aliphatic rings. The molecule has 1 rings (SSSR count). The van der Waals surface area contributed by atoms with Crippen LogP contribution < -0.4 is 0 Å². The Labute approximate surface area is 108 Å². The highest BCUT2D eigenvalue weighted by Gasteiger charge is 2.19. The van der Waals surface area contributed by atoms with Crippen LogP contribution in [0.4, 0.5) is 4.79 Å². The van der Waals surface area contributed by atoms with Crippen molar-refractivity contribution in [3.05, 3.63) is 12.2 Å². The van der Waals surface area contributed by atoms with Gasteiger partial charge in [0, 0.05) is 18.7 Å². The van der Waals surface area contributed by atoms with E-state index in [1.807, 2.05) is 0 Å². The van der Waals surface area contributed by atoms with Crippen molar-refractivity contribution in [2.45, 2.75) is 39.2 Å². The fraction of sp³-hybridized carbons (Fsp3) is 0.692. The molecule has 0 aromatic carbocycles. The number of hydrogen-bond donors (Lipinski definition) is 0. The quantitative estimate of drug-likeness (QED) is 0.570. The molecular formula is C13H21NO4. The zero-order valence-electron chi connectivity index (χ0n) is 11.1. The zero-order valence-corrected chi connectivity index (χ0v) is 11.1. The number of carbonyl (C=O) groups excluding carboxylic acids is 2. The minimum absolute atomic E-state index is 0.0777. The number of rotatable bonds is 4. The number of nitrogens with zero attached hydrogens (tertiary/aromatic N) is 1. The Morgan fingerprint density at radius 1 is 1.28 bits per heavy atom. The maximum absolute atomic E-state index is 11.7. The van der Waals surface area contributed by atoms with Crippen LogP contribution in [0.15, 0.2) is 12.2 Å². The smallest absolute Gasteiger partial charge is 0.409 e. The summed E-state index contributed by atoms with van der Waals surface area (Å²) >= 11 is 0. The van der Waals surface area contributed by atoms with Crippen LogP contribution in [0.1, 0.15) is 33.1 Å². The lowest BCUT2D eigenvalue weighted by Gasteiger charge is -2.26. The number of likely N-dealkylation sites (tertiary alicyclic amines) is 1. The van der Waals surface area contributed by atoms with Crippen LogP contribution in [0.25, 0.3) is 0 Å². The van der Waals surface area contributed by atoms with Crippen LogP contribution in [0, 0.1) is 0 Å². The maximum atomic E-state index is 11.7. The standard InChI is InChI=1S/C13H21NO4/c1-10(2)12(15)18-11(3)9-17-13(16)14-7-5-4-6-8-14/h11H,1,4-9H2,2-3H3. The van der Waals surface area contributed by atoms with E-state index in [1.54, 1.807) is 18.7 Å². The van der Waals surface area contributed by atoms with E-state index in [0.717, 1.165) is 32.4 Å².